The van der Waals surface area contributed by atoms with Crippen LogP contribution in [0.4, 0.5) is 0 Å². The van der Waals surface area contributed by atoms with Crippen molar-refractivity contribution in [3.63, 3.8) is 0 Å². The monoisotopic (exact) mass is 484 g/mol. The van der Waals surface area contributed by atoms with Crippen LogP contribution in [0.15, 0.2) is 0 Å². The van der Waals surface area contributed by atoms with E-state index in [9.17, 15) is 28.8 Å². The third-order valence-electron chi connectivity index (χ3n) is 3.02. The number of carboxylic acid groups (broad SMARTS) is 1. The Labute approximate surface area is 163 Å². The predicted molar refractivity (Wildman–Crippen MR) is 95.6 cm³/mol. The highest BCUT2D eigenvalue weighted by molar-refractivity contribution is 14.1. The van der Waals surface area contributed by atoms with E-state index in [0.29, 0.717) is 0 Å². The van der Waals surface area contributed by atoms with E-state index in [1.807, 2.05) is 0 Å². The Morgan fingerprint density at radius 2 is 1.58 bits per heavy atom. The summed E-state index contributed by atoms with van der Waals surface area (Å²) >= 11 is 1.80. The number of amides is 3. The second kappa shape index (κ2) is 12.3. The Bertz CT molecular complexity index is 562. The van der Waals surface area contributed by atoms with E-state index in [1.54, 1.807) is 36.4 Å². The standard InChI is InChI=1S/C12H15IN2O6.C3H6O2/c1-2-11(19)21-12(20)5-6-14(10(18)7-13)15-8(16)3-4-9(15)17;1-2-3(4)5/h2-7H2,1H3;2H2,1H3,(H,4,5). The number of hydrazine groups is 1. The van der Waals surface area contributed by atoms with Gasteiger partial charge in [-0.05, 0) is 0 Å². The molecule has 0 aromatic rings. The van der Waals surface area contributed by atoms with Crippen molar-refractivity contribution in [2.24, 2.45) is 0 Å². The van der Waals surface area contributed by atoms with Crippen molar-refractivity contribution in [1.29, 1.82) is 0 Å². The number of ether oxygens (including phenoxy) is 1. The number of esters is 2. The van der Waals surface area contributed by atoms with Gasteiger partial charge >= 0.3 is 17.9 Å². The highest BCUT2D eigenvalue weighted by Gasteiger charge is 2.36. The number of halogens is 1. The maximum atomic E-state index is 11.8. The van der Waals surface area contributed by atoms with Crippen LogP contribution in [-0.2, 0) is 33.5 Å². The number of carboxylic acids is 1. The molecule has 0 aliphatic carbocycles. The number of carbonyl (C=O) groups excluding carboxylic acids is 5. The predicted octanol–water partition coefficient (Wildman–Crippen LogP) is 0.665. The van der Waals surface area contributed by atoms with Gasteiger partial charge in [0.15, 0.2) is 0 Å². The number of hydrogen-bond donors (Lipinski definition) is 1. The molecule has 0 aromatic heterocycles. The van der Waals surface area contributed by atoms with Crippen molar-refractivity contribution < 1.29 is 38.6 Å². The van der Waals surface area contributed by atoms with Crippen molar-refractivity contribution >= 4 is 58.2 Å². The molecule has 0 atom stereocenters. The van der Waals surface area contributed by atoms with Crippen LogP contribution in [0.3, 0.4) is 0 Å². The Balaban J connectivity index is 0.00000110. The lowest BCUT2D eigenvalue weighted by Crippen LogP contribution is -2.50. The molecule has 1 saturated heterocycles. The molecule has 11 heteroatoms. The van der Waals surface area contributed by atoms with Crippen LogP contribution >= 0.6 is 22.6 Å². The van der Waals surface area contributed by atoms with Gasteiger partial charge < -0.3 is 9.84 Å². The van der Waals surface area contributed by atoms with Crippen LogP contribution in [0, 0.1) is 0 Å². The summed E-state index contributed by atoms with van der Waals surface area (Å²) in [6.07, 6.45) is 0.0989. The number of alkyl halides is 1. The molecule has 26 heavy (non-hydrogen) atoms. The first-order valence-corrected chi connectivity index (χ1v) is 9.37. The summed E-state index contributed by atoms with van der Waals surface area (Å²) in [4.78, 5) is 66.9. The normalized spacial score (nSPS) is 13.0. The lowest BCUT2D eigenvalue weighted by molar-refractivity contribution is -0.169. The molecular formula is C15H21IN2O8. The summed E-state index contributed by atoms with van der Waals surface area (Å²) < 4.78 is 4.53. The highest BCUT2D eigenvalue weighted by atomic mass is 127. The van der Waals surface area contributed by atoms with Crippen LogP contribution in [-0.4, -0.2) is 61.7 Å². The van der Waals surface area contributed by atoms with E-state index in [2.05, 4.69) is 4.74 Å². The Morgan fingerprint density at radius 1 is 1.08 bits per heavy atom. The van der Waals surface area contributed by atoms with E-state index < -0.39 is 35.6 Å². The summed E-state index contributed by atoms with van der Waals surface area (Å²) in [5.41, 5.74) is 0. The van der Waals surface area contributed by atoms with Gasteiger partial charge in [0, 0.05) is 25.7 Å². The zero-order valence-electron chi connectivity index (χ0n) is 14.5. The van der Waals surface area contributed by atoms with Crippen LogP contribution in [0.25, 0.3) is 0 Å². The molecule has 1 heterocycles. The van der Waals surface area contributed by atoms with E-state index in [0.717, 1.165) is 10.0 Å². The third kappa shape index (κ3) is 8.36. The number of imide groups is 1. The fraction of sp³-hybridized carbons (Fsp3) is 0.600. The minimum absolute atomic E-state index is 0.0443. The average molecular weight is 484 g/mol. The summed E-state index contributed by atoms with van der Waals surface area (Å²) in [5.74, 6) is -3.63. The van der Waals surface area contributed by atoms with Gasteiger partial charge in [0.2, 0.25) is 11.8 Å². The van der Waals surface area contributed by atoms with Gasteiger partial charge in [-0.25, -0.2) is 5.01 Å². The van der Waals surface area contributed by atoms with Crippen LogP contribution in [0.1, 0.15) is 46.0 Å². The molecule has 10 nitrogen and oxygen atoms in total. The second-order valence-corrected chi connectivity index (χ2v) is 5.71. The molecule has 1 aliphatic rings. The van der Waals surface area contributed by atoms with Gasteiger partial charge in [-0.1, -0.05) is 36.4 Å². The van der Waals surface area contributed by atoms with Gasteiger partial charge in [0.1, 0.15) is 0 Å². The first-order chi connectivity index (χ1) is 12.2. The summed E-state index contributed by atoms with van der Waals surface area (Å²) in [7, 11) is 0. The number of rotatable bonds is 7. The first kappa shape index (κ1) is 23.9. The molecule has 0 radical (unpaired) electrons. The highest BCUT2D eigenvalue weighted by Crippen LogP contribution is 2.16. The smallest absolute Gasteiger partial charge is 0.315 e. The largest absolute Gasteiger partial charge is 0.481 e. The number of aliphatic carboxylic acids is 1. The molecule has 1 fully saturated rings. The van der Waals surface area contributed by atoms with Crippen molar-refractivity contribution in [3.8, 4) is 0 Å². The lowest BCUT2D eigenvalue weighted by atomic mass is 10.4. The van der Waals surface area contributed by atoms with Crippen molar-refractivity contribution in [1.82, 2.24) is 10.0 Å². The molecule has 1 aliphatic heterocycles. The minimum atomic E-state index is -0.799. The van der Waals surface area contributed by atoms with Crippen molar-refractivity contribution in [2.45, 2.75) is 46.0 Å². The van der Waals surface area contributed by atoms with E-state index in [-0.39, 0.29) is 43.1 Å². The van der Waals surface area contributed by atoms with E-state index in [1.165, 1.54) is 0 Å². The molecule has 146 valence electrons. The summed E-state index contributed by atoms with van der Waals surface area (Å²) in [5, 5.41) is 9.44. The van der Waals surface area contributed by atoms with Crippen LogP contribution in [0.2, 0.25) is 0 Å². The maximum Gasteiger partial charge on any atom is 0.315 e. The Morgan fingerprint density at radius 3 is 1.96 bits per heavy atom. The van der Waals surface area contributed by atoms with Crippen LogP contribution in [0.5, 0.6) is 0 Å². The third-order valence-corrected chi connectivity index (χ3v) is 3.67. The minimum Gasteiger partial charge on any atom is -0.481 e. The quantitative estimate of drug-likeness (QED) is 0.183. The first-order valence-electron chi connectivity index (χ1n) is 7.85. The van der Waals surface area contributed by atoms with Gasteiger partial charge in [-0.15, -0.1) is 0 Å². The zero-order chi connectivity index (χ0) is 20.3. The number of hydrogen-bond acceptors (Lipinski definition) is 7. The molecule has 0 bridgehead atoms. The molecule has 3 amide bonds. The molecule has 1 rings (SSSR count). The van der Waals surface area contributed by atoms with E-state index in [4.69, 9.17) is 5.11 Å². The van der Waals surface area contributed by atoms with Crippen molar-refractivity contribution in [3.05, 3.63) is 0 Å². The fourth-order valence-corrected chi connectivity index (χ4v) is 2.08. The van der Waals surface area contributed by atoms with Crippen molar-refractivity contribution in [2.75, 3.05) is 11.0 Å². The van der Waals surface area contributed by atoms with Gasteiger partial charge in [-0.3, -0.25) is 28.8 Å². The maximum absolute atomic E-state index is 11.8. The topological polar surface area (TPSA) is 138 Å². The van der Waals surface area contributed by atoms with Crippen LogP contribution < -0.4 is 0 Å². The number of nitrogens with zero attached hydrogens (tertiary/aromatic N) is 2. The van der Waals surface area contributed by atoms with E-state index >= 15 is 0 Å². The SMILES string of the molecule is CCC(=O)O.CCC(=O)OC(=O)CCN(C(=O)CI)N1C(=O)CCC1=O. The fourth-order valence-electron chi connectivity index (χ4n) is 1.69. The summed E-state index contributed by atoms with van der Waals surface area (Å²) in [6, 6.07) is 0. The molecule has 0 spiro atoms. The number of carbonyl (C=O) groups is 6. The molecule has 0 aromatic carbocycles. The van der Waals surface area contributed by atoms with Gasteiger partial charge in [0.05, 0.1) is 17.4 Å². The lowest BCUT2D eigenvalue weighted by Gasteiger charge is -2.29. The molecule has 0 saturated carbocycles. The molecule has 0 unspecified atom stereocenters. The molecule has 1 N–H and O–H groups in total. The van der Waals surface area contributed by atoms with Gasteiger partial charge in [-0.2, -0.15) is 5.01 Å². The second-order valence-electron chi connectivity index (χ2n) is 4.95. The average Bonchev–Trinajstić information content (AvgIpc) is 2.94. The summed E-state index contributed by atoms with van der Waals surface area (Å²) in [6.45, 7) is 2.96. The zero-order valence-corrected chi connectivity index (χ0v) is 16.7. The Hall–Kier alpha value is -2.05. The molecular weight excluding hydrogens is 463 g/mol. The Kier molecular flexibility index (Phi) is 11.4. The van der Waals surface area contributed by atoms with Gasteiger partial charge in [0.25, 0.3) is 5.91 Å².